The standard InChI is InChI=1S/C8H12ClN3OS/c1-5-2-6(13)4-12(3-5)8-7(9)10-14-11-8/h5-6,13H,2-4H2,1H3/t5-,6+/m1/s1. The van der Waals surface area contributed by atoms with Crippen LogP contribution in [0.3, 0.4) is 0 Å². The summed E-state index contributed by atoms with van der Waals surface area (Å²) in [6.07, 6.45) is 0.572. The van der Waals surface area contributed by atoms with Crippen LogP contribution in [0.5, 0.6) is 0 Å². The molecule has 0 bridgehead atoms. The van der Waals surface area contributed by atoms with Crippen LogP contribution in [0, 0.1) is 5.92 Å². The highest BCUT2D eigenvalue weighted by Crippen LogP contribution is 2.27. The Morgan fingerprint density at radius 2 is 2.29 bits per heavy atom. The predicted octanol–water partition coefficient (Wildman–Crippen LogP) is 1.40. The molecule has 14 heavy (non-hydrogen) atoms. The lowest BCUT2D eigenvalue weighted by Crippen LogP contribution is -2.42. The minimum atomic E-state index is -0.281. The molecule has 2 atom stereocenters. The lowest BCUT2D eigenvalue weighted by molar-refractivity contribution is 0.132. The molecule has 0 radical (unpaired) electrons. The summed E-state index contributed by atoms with van der Waals surface area (Å²) in [5, 5.41) is 10.1. The van der Waals surface area contributed by atoms with Crippen molar-refractivity contribution in [3.05, 3.63) is 5.15 Å². The van der Waals surface area contributed by atoms with Gasteiger partial charge < -0.3 is 10.0 Å². The molecule has 0 aliphatic carbocycles. The summed E-state index contributed by atoms with van der Waals surface area (Å²) in [5.41, 5.74) is 0. The fraction of sp³-hybridized carbons (Fsp3) is 0.750. The molecule has 1 aliphatic heterocycles. The molecule has 1 saturated heterocycles. The second-order valence-electron chi connectivity index (χ2n) is 3.78. The van der Waals surface area contributed by atoms with Crippen molar-refractivity contribution in [1.82, 2.24) is 8.75 Å². The minimum absolute atomic E-state index is 0.281. The van der Waals surface area contributed by atoms with E-state index in [-0.39, 0.29) is 6.10 Å². The van der Waals surface area contributed by atoms with Crippen molar-refractivity contribution in [2.24, 2.45) is 5.92 Å². The Morgan fingerprint density at radius 1 is 1.50 bits per heavy atom. The van der Waals surface area contributed by atoms with Gasteiger partial charge in [0.1, 0.15) is 0 Å². The Balaban J connectivity index is 2.15. The van der Waals surface area contributed by atoms with Crippen LogP contribution in [0.25, 0.3) is 0 Å². The summed E-state index contributed by atoms with van der Waals surface area (Å²) in [6, 6.07) is 0. The highest BCUT2D eigenvalue weighted by atomic mass is 35.5. The molecule has 2 rings (SSSR count). The molecule has 0 saturated carbocycles. The molecular weight excluding hydrogens is 222 g/mol. The number of nitrogens with zero attached hydrogens (tertiary/aromatic N) is 3. The number of hydrogen-bond acceptors (Lipinski definition) is 5. The van der Waals surface area contributed by atoms with Gasteiger partial charge in [-0.1, -0.05) is 18.5 Å². The Kier molecular flexibility index (Phi) is 2.90. The van der Waals surface area contributed by atoms with Gasteiger partial charge in [-0.2, -0.15) is 8.75 Å². The molecule has 0 spiro atoms. The molecule has 0 amide bonds. The van der Waals surface area contributed by atoms with Crippen LogP contribution in [-0.2, 0) is 0 Å². The van der Waals surface area contributed by atoms with Gasteiger partial charge in [-0.3, -0.25) is 0 Å². The first kappa shape index (κ1) is 10.1. The Hall–Kier alpha value is -0.390. The summed E-state index contributed by atoms with van der Waals surface area (Å²) < 4.78 is 8.04. The third kappa shape index (κ3) is 1.99. The molecule has 1 N–H and O–H groups in total. The number of halogens is 1. The van der Waals surface area contributed by atoms with Gasteiger partial charge in [0.25, 0.3) is 0 Å². The van der Waals surface area contributed by atoms with Crippen molar-refractivity contribution in [2.45, 2.75) is 19.4 Å². The molecule has 1 fully saturated rings. The van der Waals surface area contributed by atoms with Gasteiger partial charge in [0, 0.05) is 13.1 Å². The minimum Gasteiger partial charge on any atom is -0.391 e. The smallest absolute Gasteiger partial charge is 0.187 e. The average molecular weight is 234 g/mol. The number of aromatic nitrogens is 2. The topological polar surface area (TPSA) is 49.2 Å². The zero-order chi connectivity index (χ0) is 10.1. The van der Waals surface area contributed by atoms with Crippen LogP contribution in [0.1, 0.15) is 13.3 Å². The third-order valence-corrected chi connectivity index (χ3v) is 3.24. The molecule has 2 heterocycles. The molecular formula is C8H12ClN3OS. The number of aliphatic hydroxyl groups excluding tert-OH is 1. The van der Waals surface area contributed by atoms with Crippen molar-refractivity contribution in [2.75, 3.05) is 18.0 Å². The Labute approximate surface area is 91.8 Å². The van der Waals surface area contributed by atoms with E-state index in [1.54, 1.807) is 0 Å². The predicted molar refractivity (Wildman–Crippen MR) is 56.9 cm³/mol. The Morgan fingerprint density at radius 3 is 2.86 bits per heavy atom. The van der Waals surface area contributed by atoms with Crippen LogP contribution in [-0.4, -0.2) is 33.0 Å². The van der Waals surface area contributed by atoms with Gasteiger partial charge in [0.15, 0.2) is 11.0 Å². The highest BCUT2D eigenvalue weighted by Gasteiger charge is 2.26. The quantitative estimate of drug-likeness (QED) is 0.797. The molecule has 0 aromatic carbocycles. The summed E-state index contributed by atoms with van der Waals surface area (Å²) >= 11 is 6.99. The molecule has 4 nitrogen and oxygen atoms in total. The summed E-state index contributed by atoms with van der Waals surface area (Å²) in [6.45, 7) is 3.61. The van der Waals surface area contributed by atoms with Gasteiger partial charge in [0.2, 0.25) is 0 Å². The van der Waals surface area contributed by atoms with E-state index >= 15 is 0 Å². The van der Waals surface area contributed by atoms with Crippen molar-refractivity contribution in [1.29, 1.82) is 0 Å². The van der Waals surface area contributed by atoms with Crippen molar-refractivity contribution in [3.8, 4) is 0 Å². The summed E-state index contributed by atoms with van der Waals surface area (Å²) in [4.78, 5) is 2.00. The van der Waals surface area contributed by atoms with Crippen LogP contribution in [0.4, 0.5) is 5.82 Å². The molecule has 0 unspecified atom stereocenters. The van der Waals surface area contributed by atoms with E-state index in [2.05, 4.69) is 15.7 Å². The second kappa shape index (κ2) is 4.00. The normalized spacial score (nSPS) is 28.1. The fourth-order valence-corrected chi connectivity index (χ4v) is 2.63. The van der Waals surface area contributed by atoms with Gasteiger partial charge in [-0.05, 0) is 12.3 Å². The molecule has 1 aliphatic rings. The lowest BCUT2D eigenvalue weighted by Gasteiger charge is -2.34. The number of rotatable bonds is 1. The lowest BCUT2D eigenvalue weighted by atomic mass is 9.98. The SMILES string of the molecule is C[C@@H]1C[C@H](O)CN(c2nsnc2Cl)C1. The number of hydrogen-bond donors (Lipinski definition) is 1. The van der Waals surface area contributed by atoms with Gasteiger partial charge in [0.05, 0.1) is 17.8 Å². The highest BCUT2D eigenvalue weighted by molar-refractivity contribution is 6.99. The van der Waals surface area contributed by atoms with E-state index in [1.165, 1.54) is 0 Å². The molecule has 78 valence electrons. The van der Waals surface area contributed by atoms with Gasteiger partial charge in [-0.15, -0.1) is 0 Å². The third-order valence-electron chi connectivity index (χ3n) is 2.37. The molecule has 6 heteroatoms. The fourth-order valence-electron chi connectivity index (χ4n) is 1.85. The molecule has 1 aromatic rings. The van der Waals surface area contributed by atoms with Crippen LogP contribution in [0.2, 0.25) is 5.15 Å². The number of β-amino-alcohol motifs (C(OH)–C–C–N with tert-alkyl or cyclic N) is 1. The first-order valence-electron chi connectivity index (χ1n) is 4.58. The van der Waals surface area contributed by atoms with E-state index in [9.17, 15) is 5.11 Å². The van der Waals surface area contributed by atoms with Crippen molar-refractivity contribution >= 4 is 29.1 Å². The largest absolute Gasteiger partial charge is 0.391 e. The summed E-state index contributed by atoms with van der Waals surface area (Å²) in [5.74, 6) is 1.18. The summed E-state index contributed by atoms with van der Waals surface area (Å²) in [7, 11) is 0. The number of piperidine rings is 1. The van der Waals surface area contributed by atoms with Gasteiger partial charge >= 0.3 is 0 Å². The van der Waals surface area contributed by atoms with Crippen LogP contribution < -0.4 is 4.90 Å². The van der Waals surface area contributed by atoms with E-state index in [4.69, 9.17) is 11.6 Å². The maximum absolute atomic E-state index is 9.61. The maximum Gasteiger partial charge on any atom is 0.187 e. The number of aliphatic hydroxyl groups is 1. The van der Waals surface area contributed by atoms with E-state index in [1.807, 2.05) is 4.90 Å². The molecule has 1 aromatic heterocycles. The zero-order valence-electron chi connectivity index (χ0n) is 7.85. The van der Waals surface area contributed by atoms with Crippen LogP contribution in [0.15, 0.2) is 0 Å². The van der Waals surface area contributed by atoms with E-state index in [0.29, 0.717) is 23.4 Å². The van der Waals surface area contributed by atoms with E-state index in [0.717, 1.165) is 24.7 Å². The van der Waals surface area contributed by atoms with Crippen molar-refractivity contribution in [3.63, 3.8) is 0 Å². The average Bonchev–Trinajstić information content (AvgIpc) is 2.49. The van der Waals surface area contributed by atoms with Crippen LogP contribution >= 0.6 is 23.3 Å². The van der Waals surface area contributed by atoms with E-state index < -0.39 is 0 Å². The maximum atomic E-state index is 9.61. The number of anilines is 1. The van der Waals surface area contributed by atoms with Gasteiger partial charge in [-0.25, -0.2) is 0 Å². The first-order valence-corrected chi connectivity index (χ1v) is 5.68. The second-order valence-corrected chi connectivity index (χ2v) is 4.66. The Bertz CT molecular complexity index is 309. The first-order chi connectivity index (χ1) is 6.66. The zero-order valence-corrected chi connectivity index (χ0v) is 9.42. The van der Waals surface area contributed by atoms with Crippen molar-refractivity contribution < 1.29 is 5.11 Å². The monoisotopic (exact) mass is 233 g/mol.